The maximum Gasteiger partial charge on any atom is 0.147 e. The topological polar surface area (TPSA) is 36.5 Å². The molecule has 7 rings (SSSR count). The van der Waals surface area contributed by atoms with Crippen LogP contribution in [-0.4, -0.2) is 30.1 Å². The van der Waals surface area contributed by atoms with E-state index in [-0.39, 0.29) is 5.60 Å². The number of ether oxygens (including phenoxy) is 1. The van der Waals surface area contributed by atoms with Gasteiger partial charge in [-0.1, -0.05) is 36.4 Å². The normalized spacial score (nSPS) is 26.3. The summed E-state index contributed by atoms with van der Waals surface area (Å²) in [7, 11) is 0. The van der Waals surface area contributed by atoms with E-state index in [1.54, 1.807) is 0 Å². The molecule has 0 aromatic heterocycles. The minimum atomic E-state index is -0.0582. The number of fused-ring (bicyclic) bond motifs is 3. The molecule has 1 unspecified atom stereocenters. The molecule has 30 heavy (non-hydrogen) atoms. The summed E-state index contributed by atoms with van der Waals surface area (Å²) in [5, 5.41) is 7.20. The Balaban J connectivity index is 1.38. The predicted molar refractivity (Wildman–Crippen MR) is 122 cm³/mol. The molecule has 3 aromatic carbocycles. The molecule has 4 heteroatoms. The van der Waals surface area contributed by atoms with E-state index in [1.807, 2.05) is 12.1 Å². The van der Waals surface area contributed by atoms with E-state index in [2.05, 4.69) is 76.2 Å². The fourth-order valence-corrected chi connectivity index (χ4v) is 5.47. The number of hydrogen-bond acceptors (Lipinski definition) is 4. The zero-order chi connectivity index (χ0) is 20.0. The van der Waals surface area contributed by atoms with E-state index in [9.17, 15) is 0 Å². The predicted octanol–water partition coefficient (Wildman–Crippen LogP) is 5.57. The molecule has 4 aliphatic rings. The first kappa shape index (κ1) is 17.8. The molecule has 0 saturated carbocycles. The lowest BCUT2D eigenvalue weighted by atomic mass is 9.73. The molecule has 1 atom stereocenters. The number of piperidine rings is 3. The molecule has 4 aliphatic heterocycles. The summed E-state index contributed by atoms with van der Waals surface area (Å²) >= 11 is 0. The highest BCUT2D eigenvalue weighted by Gasteiger charge is 2.52. The molecular weight excluding hydrogens is 370 g/mol. The molecule has 0 aliphatic carbocycles. The standard InChI is InChI=1S/C26H27N3O/c1-3-7-21(8-4-1)27-23-15-19-17-26(18-29-13-11-20(26)12-14-29)30-25(19)24(16-23)28-22-9-5-2-6-10-22/h1-10,15-16,20,27-28H,11-14,17-18H2. The first-order valence-corrected chi connectivity index (χ1v) is 11.0. The Kier molecular flexibility index (Phi) is 4.20. The number of para-hydroxylation sites is 2. The Morgan fingerprint density at radius 3 is 2.10 bits per heavy atom. The first-order chi connectivity index (χ1) is 14.8. The Labute approximate surface area is 177 Å². The quantitative estimate of drug-likeness (QED) is 0.603. The molecule has 4 nitrogen and oxygen atoms in total. The van der Waals surface area contributed by atoms with Crippen LogP contribution in [0.5, 0.6) is 5.75 Å². The smallest absolute Gasteiger partial charge is 0.147 e. The van der Waals surface area contributed by atoms with Gasteiger partial charge in [0, 0.05) is 41.5 Å². The lowest BCUT2D eigenvalue weighted by molar-refractivity contribution is -0.0795. The second kappa shape index (κ2) is 7.06. The molecule has 0 amide bonds. The van der Waals surface area contributed by atoms with Gasteiger partial charge in [-0.25, -0.2) is 0 Å². The lowest BCUT2D eigenvalue weighted by Gasteiger charge is -2.50. The van der Waals surface area contributed by atoms with Crippen LogP contribution in [0.1, 0.15) is 18.4 Å². The average molecular weight is 398 g/mol. The van der Waals surface area contributed by atoms with Gasteiger partial charge in [0.05, 0.1) is 5.69 Å². The van der Waals surface area contributed by atoms with E-state index < -0.39 is 0 Å². The first-order valence-electron chi connectivity index (χ1n) is 11.0. The molecule has 3 fully saturated rings. The summed E-state index contributed by atoms with van der Waals surface area (Å²) in [5.41, 5.74) is 5.57. The molecule has 3 saturated heterocycles. The van der Waals surface area contributed by atoms with Crippen LogP contribution in [-0.2, 0) is 6.42 Å². The van der Waals surface area contributed by atoms with Crippen LogP contribution in [0.15, 0.2) is 72.8 Å². The Bertz CT molecular complexity index is 1040. The van der Waals surface area contributed by atoms with Crippen molar-refractivity contribution in [2.24, 2.45) is 5.92 Å². The van der Waals surface area contributed by atoms with Gasteiger partial charge in [-0.2, -0.15) is 0 Å². The molecule has 1 spiro atoms. The van der Waals surface area contributed by atoms with Gasteiger partial charge in [-0.15, -0.1) is 0 Å². The van der Waals surface area contributed by atoms with Crippen LogP contribution < -0.4 is 15.4 Å². The Morgan fingerprint density at radius 2 is 1.47 bits per heavy atom. The number of nitrogens with zero attached hydrogens (tertiary/aromatic N) is 1. The van der Waals surface area contributed by atoms with Crippen molar-refractivity contribution < 1.29 is 4.74 Å². The molecular formula is C26H27N3O. The third kappa shape index (κ3) is 3.12. The Morgan fingerprint density at radius 1 is 0.800 bits per heavy atom. The van der Waals surface area contributed by atoms with Crippen molar-refractivity contribution in [2.75, 3.05) is 30.3 Å². The second-order valence-electron chi connectivity index (χ2n) is 8.89. The highest BCUT2D eigenvalue weighted by Crippen LogP contribution is 2.50. The maximum atomic E-state index is 6.85. The van der Waals surface area contributed by atoms with Gasteiger partial charge in [0.25, 0.3) is 0 Å². The number of nitrogens with one attached hydrogen (secondary N) is 2. The van der Waals surface area contributed by atoms with Crippen molar-refractivity contribution in [3.05, 3.63) is 78.4 Å². The van der Waals surface area contributed by atoms with Gasteiger partial charge in [0.2, 0.25) is 0 Å². The molecule has 2 bridgehead atoms. The number of anilines is 4. The van der Waals surface area contributed by atoms with Crippen LogP contribution in [0.25, 0.3) is 0 Å². The maximum absolute atomic E-state index is 6.85. The molecule has 2 N–H and O–H groups in total. The van der Waals surface area contributed by atoms with Crippen molar-refractivity contribution in [3.8, 4) is 5.75 Å². The van der Waals surface area contributed by atoms with Gasteiger partial charge in [0.15, 0.2) is 0 Å². The summed E-state index contributed by atoms with van der Waals surface area (Å²) in [4.78, 5) is 2.58. The van der Waals surface area contributed by atoms with Crippen molar-refractivity contribution >= 4 is 22.7 Å². The zero-order valence-corrected chi connectivity index (χ0v) is 17.1. The van der Waals surface area contributed by atoms with Crippen molar-refractivity contribution in [1.29, 1.82) is 0 Å². The van der Waals surface area contributed by atoms with Crippen molar-refractivity contribution in [3.63, 3.8) is 0 Å². The number of hydrogen-bond donors (Lipinski definition) is 2. The SMILES string of the molecule is c1ccc(Nc2cc3c(c(Nc4ccccc4)c2)OC2(C3)CN3CCC2CC3)cc1. The second-order valence-corrected chi connectivity index (χ2v) is 8.89. The van der Waals surface area contributed by atoms with E-state index in [1.165, 1.54) is 31.5 Å². The minimum Gasteiger partial charge on any atom is -0.483 e. The van der Waals surface area contributed by atoms with E-state index in [0.29, 0.717) is 5.92 Å². The van der Waals surface area contributed by atoms with Crippen LogP contribution in [0.3, 0.4) is 0 Å². The van der Waals surface area contributed by atoms with Crippen LogP contribution in [0.2, 0.25) is 0 Å². The Hall–Kier alpha value is -2.98. The average Bonchev–Trinajstić information content (AvgIpc) is 3.14. The fraction of sp³-hybridized carbons (Fsp3) is 0.308. The van der Waals surface area contributed by atoms with Gasteiger partial charge in [-0.05, 0) is 62.3 Å². The molecule has 3 aromatic rings. The third-order valence-electron chi connectivity index (χ3n) is 6.90. The summed E-state index contributed by atoms with van der Waals surface area (Å²) in [5.74, 6) is 1.69. The van der Waals surface area contributed by atoms with Crippen molar-refractivity contribution in [1.82, 2.24) is 4.90 Å². The van der Waals surface area contributed by atoms with Crippen LogP contribution in [0, 0.1) is 5.92 Å². The van der Waals surface area contributed by atoms with Gasteiger partial charge in [-0.3, -0.25) is 4.90 Å². The van der Waals surface area contributed by atoms with Crippen LogP contribution in [0.4, 0.5) is 22.7 Å². The van der Waals surface area contributed by atoms with E-state index >= 15 is 0 Å². The third-order valence-corrected chi connectivity index (χ3v) is 6.90. The van der Waals surface area contributed by atoms with Gasteiger partial charge in [0.1, 0.15) is 11.4 Å². The highest BCUT2D eigenvalue weighted by molar-refractivity contribution is 5.76. The van der Waals surface area contributed by atoms with E-state index in [0.717, 1.165) is 41.5 Å². The summed E-state index contributed by atoms with van der Waals surface area (Å²) in [6.07, 6.45) is 3.51. The largest absolute Gasteiger partial charge is 0.483 e. The number of benzene rings is 3. The fourth-order valence-electron chi connectivity index (χ4n) is 5.47. The highest BCUT2D eigenvalue weighted by atomic mass is 16.5. The number of rotatable bonds is 4. The monoisotopic (exact) mass is 397 g/mol. The molecule has 0 radical (unpaired) electrons. The molecule has 4 heterocycles. The van der Waals surface area contributed by atoms with Gasteiger partial charge < -0.3 is 15.4 Å². The minimum absolute atomic E-state index is 0.0582. The summed E-state index contributed by atoms with van der Waals surface area (Å²) in [6, 6.07) is 25.2. The summed E-state index contributed by atoms with van der Waals surface area (Å²) in [6.45, 7) is 3.50. The van der Waals surface area contributed by atoms with Crippen LogP contribution >= 0.6 is 0 Å². The van der Waals surface area contributed by atoms with Crippen molar-refractivity contribution in [2.45, 2.75) is 24.9 Å². The van der Waals surface area contributed by atoms with Gasteiger partial charge >= 0.3 is 0 Å². The summed E-state index contributed by atoms with van der Waals surface area (Å²) < 4.78 is 6.85. The lowest BCUT2D eigenvalue weighted by Crippen LogP contribution is -2.61. The molecule has 152 valence electrons. The zero-order valence-electron chi connectivity index (χ0n) is 17.1. The van der Waals surface area contributed by atoms with E-state index in [4.69, 9.17) is 4.74 Å².